The number of benzene rings is 2. The van der Waals surface area contributed by atoms with Gasteiger partial charge in [-0.15, -0.1) is 11.8 Å². The number of ether oxygens (including phenoxy) is 1. The Balaban J connectivity index is 1.85. The molecule has 36 heavy (non-hydrogen) atoms. The van der Waals surface area contributed by atoms with E-state index >= 15 is 0 Å². The van der Waals surface area contributed by atoms with Gasteiger partial charge in [-0.3, -0.25) is 0 Å². The largest absolute Gasteiger partial charge is 0.478 e. The van der Waals surface area contributed by atoms with Gasteiger partial charge in [0.05, 0.1) is 16.1 Å². The van der Waals surface area contributed by atoms with Gasteiger partial charge in [-0.25, -0.2) is 18.2 Å². The van der Waals surface area contributed by atoms with Crippen LogP contribution in [0.25, 0.3) is 0 Å². The Morgan fingerprint density at radius 3 is 2.56 bits per heavy atom. The lowest BCUT2D eigenvalue weighted by atomic mass is 10.1. The smallest absolute Gasteiger partial charge is 0.337 e. The minimum Gasteiger partial charge on any atom is -0.478 e. The molecule has 1 N–H and O–H groups in total. The third kappa shape index (κ3) is 5.21. The number of sulfonamides is 1. The third-order valence-electron chi connectivity index (χ3n) is 6.26. The standard InChI is InChI=1S/C26H29N3O5S2/c1-4-5-9-20-17-29(19-10-7-6-8-11-19)21-14-23(35-3)22(15-24(21)36(32,33)28(20)2)34-25-13-12-18(16-27-25)26(30)31/h6-8,10-16,20H,4-5,9,17H2,1-3H3,(H,30,31). The van der Waals surface area contributed by atoms with Crippen molar-refractivity contribution in [1.82, 2.24) is 9.29 Å². The van der Waals surface area contributed by atoms with Crippen molar-refractivity contribution in [3.05, 3.63) is 66.4 Å². The van der Waals surface area contributed by atoms with Crippen LogP contribution in [0.1, 0.15) is 36.5 Å². The van der Waals surface area contributed by atoms with Gasteiger partial charge in [-0.05, 0) is 36.9 Å². The van der Waals surface area contributed by atoms with Gasteiger partial charge in [0.2, 0.25) is 15.9 Å². The first kappa shape index (κ1) is 26.0. The minimum atomic E-state index is -3.83. The number of hydrogen-bond acceptors (Lipinski definition) is 7. The van der Waals surface area contributed by atoms with Crippen molar-refractivity contribution in [2.75, 3.05) is 24.7 Å². The van der Waals surface area contributed by atoms with Crippen molar-refractivity contribution < 1.29 is 23.1 Å². The fraction of sp³-hybridized carbons (Fsp3) is 0.308. The minimum absolute atomic E-state index is 0.0372. The maximum absolute atomic E-state index is 13.9. The molecule has 190 valence electrons. The zero-order valence-corrected chi connectivity index (χ0v) is 22.1. The number of unbranched alkanes of at least 4 members (excludes halogenated alkanes) is 1. The highest BCUT2D eigenvalue weighted by Gasteiger charge is 2.37. The van der Waals surface area contributed by atoms with Crippen LogP contribution >= 0.6 is 11.8 Å². The van der Waals surface area contributed by atoms with E-state index in [4.69, 9.17) is 9.84 Å². The molecule has 0 saturated carbocycles. The van der Waals surface area contributed by atoms with Crippen molar-refractivity contribution in [3.8, 4) is 11.6 Å². The Kier molecular flexibility index (Phi) is 7.87. The van der Waals surface area contributed by atoms with Crippen LogP contribution < -0.4 is 9.64 Å². The summed E-state index contributed by atoms with van der Waals surface area (Å²) in [6.45, 7) is 2.62. The number of anilines is 2. The summed E-state index contributed by atoms with van der Waals surface area (Å²) >= 11 is 1.43. The van der Waals surface area contributed by atoms with E-state index in [2.05, 4.69) is 16.8 Å². The maximum Gasteiger partial charge on any atom is 0.337 e. The van der Waals surface area contributed by atoms with Gasteiger partial charge in [0.1, 0.15) is 10.6 Å². The monoisotopic (exact) mass is 527 g/mol. The van der Waals surface area contributed by atoms with Crippen LogP contribution in [0.3, 0.4) is 0 Å². The normalized spacial score (nSPS) is 17.3. The molecule has 1 unspecified atom stereocenters. The summed E-state index contributed by atoms with van der Waals surface area (Å²) in [5.41, 5.74) is 1.55. The van der Waals surface area contributed by atoms with Gasteiger partial charge in [-0.1, -0.05) is 38.0 Å². The lowest BCUT2D eigenvalue weighted by Crippen LogP contribution is -2.40. The summed E-state index contributed by atoms with van der Waals surface area (Å²) in [5, 5.41) is 9.12. The van der Waals surface area contributed by atoms with Gasteiger partial charge < -0.3 is 14.7 Å². The molecular formula is C26H29N3O5S2. The molecule has 4 rings (SSSR count). The van der Waals surface area contributed by atoms with Crippen molar-refractivity contribution in [2.45, 2.75) is 42.0 Å². The summed E-state index contributed by atoms with van der Waals surface area (Å²) in [7, 11) is -2.19. The third-order valence-corrected chi connectivity index (χ3v) is 8.96. The highest BCUT2D eigenvalue weighted by atomic mass is 32.2. The van der Waals surface area contributed by atoms with E-state index in [-0.39, 0.29) is 22.4 Å². The second-order valence-corrected chi connectivity index (χ2v) is 11.3. The fourth-order valence-electron chi connectivity index (χ4n) is 4.21. The Labute approximate surface area is 216 Å². The maximum atomic E-state index is 13.9. The van der Waals surface area contributed by atoms with Gasteiger partial charge in [0.25, 0.3) is 0 Å². The molecule has 1 aliphatic heterocycles. The Morgan fingerprint density at radius 2 is 1.94 bits per heavy atom. The second-order valence-electron chi connectivity index (χ2n) is 8.53. The molecule has 0 fully saturated rings. The number of carboxylic acids is 1. The summed E-state index contributed by atoms with van der Waals surface area (Å²) in [4.78, 5) is 18.2. The number of thioether (sulfide) groups is 1. The highest BCUT2D eigenvalue weighted by molar-refractivity contribution is 7.98. The predicted molar refractivity (Wildman–Crippen MR) is 141 cm³/mol. The van der Waals surface area contributed by atoms with E-state index in [0.29, 0.717) is 18.0 Å². The van der Waals surface area contributed by atoms with Crippen molar-refractivity contribution in [1.29, 1.82) is 0 Å². The second kappa shape index (κ2) is 10.9. The zero-order valence-electron chi connectivity index (χ0n) is 20.4. The molecular weight excluding hydrogens is 498 g/mol. The Bertz CT molecular complexity index is 1330. The highest BCUT2D eigenvalue weighted by Crippen LogP contribution is 2.44. The number of para-hydroxylation sites is 1. The van der Waals surface area contributed by atoms with Crippen LogP contribution in [-0.2, 0) is 10.0 Å². The Morgan fingerprint density at radius 1 is 1.19 bits per heavy atom. The molecule has 2 heterocycles. The molecule has 0 aliphatic carbocycles. The molecule has 3 aromatic rings. The van der Waals surface area contributed by atoms with E-state index in [1.165, 1.54) is 34.4 Å². The quantitative estimate of drug-likeness (QED) is 0.377. The first-order valence-corrected chi connectivity index (χ1v) is 14.3. The first-order chi connectivity index (χ1) is 17.3. The number of aromatic nitrogens is 1. The molecule has 0 bridgehead atoms. The molecule has 0 spiro atoms. The SMILES string of the molecule is CCCCC1CN(c2ccccc2)c2cc(SC)c(Oc3ccc(C(=O)O)cn3)cc2S(=O)(=O)N1C. The topological polar surface area (TPSA) is 100 Å². The van der Waals surface area contributed by atoms with Crippen LogP contribution in [0.5, 0.6) is 11.6 Å². The van der Waals surface area contributed by atoms with E-state index in [0.717, 1.165) is 29.8 Å². The lowest BCUT2D eigenvalue weighted by Gasteiger charge is -2.29. The van der Waals surface area contributed by atoms with Gasteiger partial charge in [0.15, 0.2) is 0 Å². The summed E-state index contributed by atoms with van der Waals surface area (Å²) in [5.74, 6) is -0.569. The van der Waals surface area contributed by atoms with Gasteiger partial charge in [0, 0.05) is 43.7 Å². The number of hydrogen-bond donors (Lipinski definition) is 1. The van der Waals surface area contributed by atoms with Crippen molar-refractivity contribution >= 4 is 39.1 Å². The molecule has 10 heteroatoms. The van der Waals surface area contributed by atoms with E-state index in [9.17, 15) is 13.2 Å². The fourth-order valence-corrected chi connectivity index (χ4v) is 6.30. The van der Waals surface area contributed by atoms with Crippen LogP contribution in [-0.4, -0.2) is 54.7 Å². The van der Waals surface area contributed by atoms with Crippen LogP contribution in [0.15, 0.2) is 70.6 Å². The number of rotatable bonds is 8. The number of carboxylic acid groups (broad SMARTS) is 1. The number of nitrogens with zero attached hydrogens (tertiary/aromatic N) is 3. The summed E-state index contributed by atoms with van der Waals surface area (Å²) in [6.07, 6.45) is 5.75. The Hall–Kier alpha value is -3.08. The number of fused-ring (bicyclic) bond motifs is 1. The molecule has 2 aromatic carbocycles. The van der Waals surface area contributed by atoms with Gasteiger partial charge >= 0.3 is 5.97 Å². The number of aromatic carboxylic acids is 1. The molecule has 0 radical (unpaired) electrons. The molecule has 1 aliphatic rings. The molecule has 1 aromatic heterocycles. The van der Waals surface area contributed by atoms with Crippen molar-refractivity contribution in [2.24, 2.45) is 0 Å². The molecule has 1 atom stereocenters. The van der Waals surface area contributed by atoms with Crippen molar-refractivity contribution in [3.63, 3.8) is 0 Å². The van der Waals surface area contributed by atoms with E-state index < -0.39 is 16.0 Å². The lowest BCUT2D eigenvalue weighted by molar-refractivity contribution is 0.0696. The van der Waals surface area contributed by atoms with Crippen LogP contribution in [0.2, 0.25) is 0 Å². The van der Waals surface area contributed by atoms with E-state index in [1.54, 1.807) is 13.1 Å². The van der Waals surface area contributed by atoms with Gasteiger partial charge in [-0.2, -0.15) is 4.31 Å². The average Bonchev–Trinajstić information content (AvgIpc) is 2.96. The molecule has 0 saturated heterocycles. The first-order valence-electron chi connectivity index (χ1n) is 11.7. The van der Waals surface area contributed by atoms with Crippen LogP contribution in [0, 0.1) is 0 Å². The summed E-state index contributed by atoms with van der Waals surface area (Å²) in [6, 6.07) is 15.8. The zero-order chi connectivity index (χ0) is 25.9. The molecule has 0 amide bonds. The number of pyridine rings is 1. The van der Waals surface area contributed by atoms with Crippen LogP contribution in [0.4, 0.5) is 11.4 Å². The average molecular weight is 528 g/mol. The summed E-state index contributed by atoms with van der Waals surface area (Å²) < 4.78 is 35.2. The number of likely N-dealkylation sites (N-methyl/N-ethyl adjacent to an activating group) is 1. The predicted octanol–water partition coefficient (Wildman–Crippen LogP) is 5.63. The molecule has 8 nitrogen and oxygen atoms in total. The number of carbonyl (C=O) groups is 1. The van der Waals surface area contributed by atoms with E-state index in [1.807, 2.05) is 42.7 Å².